The second-order valence-electron chi connectivity index (χ2n) is 9.29. The minimum absolute atomic E-state index is 0.0867. The number of carbonyl (C=O) groups excluding carboxylic acids is 2. The number of hydrogen-bond donors (Lipinski definition) is 0. The van der Waals surface area contributed by atoms with E-state index in [1.54, 1.807) is 0 Å². The van der Waals surface area contributed by atoms with E-state index in [2.05, 4.69) is 18.9 Å². The maximum absolute atomic E-state index is 13.5. The molecule has 1 spiro atoms. The molecule has 6 nitrogen and oxygen atoms in total. The third-order valence-electron chi connectivity index (χ3n) is 7.23. The van der Waals surface area contributed by atoms with Gasteiger partial charge in [-0.3, -0.25) is 14.5 Å². The maximum Gasteiger partial charge on any atom is 0.247 e. The molecule has 0 aromatic rings. The zero-order chi connectivity index (χ0) is 19.0. The fraction of sp³-hybridized carbons (Fsp3) is 0.905. The van der Waals surface area contributed by atoms with Gasteiger partial charge in [0.25, 0.3) is 0 Å². The molecule has 4 rings (SSSR count). The Balaban J connectivity index is 1.57. The van der Waals surface area contributed by atoms with Crippen molar-refractivity contribution >= 4 is 11.8 Å². The van der Waals surface area contributed by atoms with Crippen LogP contribution in [0.4, 0.5) is 0 Å². The van der Waals surface area contributed by atoms with Gasteiger partial charge in [-0.1, -0.05) is 26.2 Å². The van der Waals surface area contributed by atoms with Crippen molar-refractivity contribution in [3.05, 3.63) is 0 Å². The lowest BCUT2D eigenvalue weighted by molar-refractivity contribution is -0.168. The van der Waals surface area contributed by atoms with E-state index in [4.69, 9.17) is 4.74 Å². The summed E-state index contributed by atoms with van der Waals surface area (Å²) in [7, 11) is 2.09. The van der Waals surface area contributed by atoms with Crippen molar-refractivity contribution in [2.45, 2.75) is 70.1 Å². The molecule has 27 heavy (non-hydrogen) atoms. The van der Waals surface area contributed by atoms with Crippen LogP contribution in [0, 0.1) is 11.8 Å². The van der Waals surface area contributed by atoms with Crippen molar-refractivity contribution in [1.82, 2.24) is 14.7 Å². The molecule has 3 atom stereocenters. The fourth-order valence-electron chi connectivity index (χ4n) is 5.63. The lowest BCUT2D eigenvalue weighted by Gasteiger charge is -2.45. The summed E-state index contributed by atoms with van der Waals surface area (Å²) >= 11 is 0. The highest BCUT2D eigenvalue weighted by atomic mass is 16.5. The van der Waals surface area contributed by atoms with E-state index in [1.807, 2.05) is 9.80 Å². The first-order chi connectivity index (χ1) is 13.0. The monoisotopic (exact) mass is 377 g/mol. The topological polar surface area (TPSA) is 53.1 Å². The highest BCUT2D eigenvalue weighted by Crippen LogP contribution is 2.44. The van der Waals surface area contributed by atoms with Crippen LogP contribution < -0.4 is 0 Å². The van der Waals surface area contributed by atoms with Gasteiger partial charge in [-0.2, -0.15) is 0 Å². The SMILES string of the molecule is C[C@@H]1CCC[C@]2(C1)OC[C@@H](C(=O)N1CCN(C)CC1)N2C(=O)C1CCCC1. The average molecular weight is 378 g/mol. The van der Waals surface area contributed by atoms with Gasteiger partial charge in [0.05, 0.1) is 6.61 Å². The van der Waals surface area contributed by atoms with Crippen LogP contribution in [0.3, 0.4) is 0 Å². The molecule has 0 bridgehead atoms. The van der Waals surface area contributed by atoms with Gasteiger partial charge in [-0.05, 0) is 45.1 Å². The molecule has 0 N–H and O–H groups in total. The largest absolute Gasteiger partial charge is 0.353 e. The molecule has 2 saturated carbocycles. The number of nitrogens with zero attached hydrogens (tertiary/aromatic N) is 3. The number of likely N-dealkylation sites (N-methyl/N-ethyl adjacent to an activating group) is 1. The first kappa shape index (κ1) is 19.2. The number of hydrogen-bond acceptors (Lipinski definition) is 4. The van der Waals surface area contributed by atoms with Crippen molar-refractivity contribution in [2.75, 3.05) is 39.8 Å². The molecule has 0 unspecified atom stereocenters. The Labute approximate surface area is 163 Å². The van der Waals surface area contributed by atoms with Crippen LogP contribution in [0.25, 0.3) is 0 Å². The highest BCUT2D eigenvalue weighted by molar-refractivity contribution is 5.90. The van der Waals surface area contributed by atoms with E-state index in [-0.39, 0.29) is 17.7 Å². The van der Waals surface area contributed by atoms with Crippen molar-refractivity contribution < 1.29 is 14.3 Å². The molecule has 2 amide bonds. The Morgan fingerprint density at radius 3 is 2.33 bits per heavy atom. The maximum atomic E-state index is 13.5. The van der Waals surface area contributed by atoms with Crippen molar-refractivity contribution in [1.29, 1.82) is 0 Å². The molecule has 0 aromatic heterocycles. The number of amides is 2. The Morgan fingerprint density at radius 2 is 1.67 bits per heavy atom. The van der Waals surface area contributed by atoms with Crippen LogP contribution in [-0.4, -0.2) is 78.1 Å². The molecule has 0 radical (unpaired) electrons. The highest BCUT2D eigenvalue weighted by Gasteiger charge is 2.55. The van der Waals surface area contributed by atoms with Crippen LogP contribution in [-0.2, 0) is 14.3 Å². The third kappa shape index (κ3) is 3.63. The lowest BCUT2D eigenvalue weighted by atomic mass is 9.82. The zero-order valence-corrected chi connectivity index (χ0v) is 17.0. The normalized spacial score (nSPS) is 35.9. The van der Waals surface area contributed by atoms with E-state index in [1.165, 1.54) is 6.42 Å². The molecule has 152 valence electrons. The van der Waals surface area contributed by atoms with E-state index in [0.29, 0.717) is 12.5 Å². The van der Waals surface area contributed by atoms with Crippen molar-refractivity contribution in [3.63, 3.8) is 0 Å². The Bertz CT molecular complexity index is 569. The quantitative estimate of drug-likeness (QED) is 0.739. The fourth-order valence-corrected chi connectivity index (χ4v) is 5.63. The average Bonchev–Trinajstić information content (AvgIpc) is 3.30. The van der Waals surface area contributed by atoms with Gasteiger partial charge in [-0.15, -0.1) is 0 Å². The van der Waals surface area contributed by atoms with Gasteiger partial charge in [0.15, 0.2) is 0 Å². The molecule has 0 aromatic carbocycles. The summed E-state index contributed by atoms with van der Waals surface area (Å²) in [6.45, 7) is 5.92. The predicted molar refractivity (Wildman–Crippen MR) is 103 cm³/mol. The third-order valence-corrected chi connectivity index (χ3v) is 7.23. The Kier molecular flexibility index (Phi) is 5.48. The van der Waals surface area contributed by atoms with Gasteiger partial charge in [0.2, 0.25) is 11.8 Å². The summed E-state index contributed by atoms with van der Waals surface area (Å²) in [6.07, 6.45) is 8.21. The molecule has 4 fully saturated rings. The Morgan fingerprint density at radius 1 is 0.963 bits per heavy atom. The van der Waals surface area contributed by atoms with Crippen molar-refractivity contribution in [3.8, 4) is 0 Å². The molecule has 2 aliphatic carbocycles. The van der Waals surface area contributed by atoms with Crippen LogP contribution in [0.15, 0.2) is 0 Å². The molecule has 4 aliphatic rings. The summed E-state index contributed by atoms with van der Waals surface area (Å²) in [5.41, 5.74) is -0.537. The first-order valence-electron chi connectivity index (χ1n) is 10.9. The Hall–Kier alpha value is -1.14. The molecular formula is C21H35N3O3. The van der Waals surface area contributed by atoms with Crippen LogP contribution in [0.5, 0.6) is 0 Å². The molecule has 2 aliphatic heterocycles. The summed E-state index contributed by atoms with van der Waals surface area (Å²) < 4.78 is 6.34. The number of ether oxygens (including phenoxy) is 1. The summed E-state index contributed by atoms with van der Waals surface area (Å²) in [4.78, 5) is 33.1. The summed E-state index contributed by atoms with van der Waals surface area (Å²) in [6, 6.07) is -0.424. The van der Waals surface area contributed by atoms with Gasteiger partial charge in [0.1, 0.15) is 11.8 Å². The van der Waals surface area contributed by atoms with Crippen LogP contribution in [0.2, 0.25) is 0 Å². The van der Waals surface area contributed by atoms with Crippen LogP contribution in [0.1, 0.15) is 58.3 Å². The van der Waals surface area contributed by atoms with Gasteiger partial charge in [0, 0.05) is 32.1 Å². The second kappa shape index (κ2) is 7.70. The first-order valence-corrected chi connectivity index (χ1v) is 10.9. The lowest BCUT2D eigenvalue weighted by Crippen LogP contribution is -2.60. The van der Waals surface area contributed by atoms with E-state index in [9.17, 15) is 9.59 Å². The van der Waals surface area contributed by atoms with Gasteiger partial charge >= 0.3 is 0 Å². The molecule has 6 heteroatoms. The van der Waals surface area contributed by atoms with Gasteiger partial charge < -0.3 is 14.5 Å². The van der Waals surface area contributed by atoms with E-state index in [0.717, 1.165) is 71.1 Å². The molecule has 2 saturated heterocycles. The minimum Gasteiger partial charge on any atom is -0.353 e. The molecule has 2 heterocycles. The van der Waals surface area contributed by atoms with E-state index < -0.39 is 11.8 Å². The zero-order valence-electron chi connectivity index (χ0n) is 17.0. The number of carbonyl (C=O) groups is 2. The summed E-state index contributed by atoms with van der Waals surface area (Å²) in [5.74, 6) is 0.912. The smallest absolute Gasteiger partial charge is 0.247 e. The number of piperazine rings is 1. The number of rotatable bonds is 2. The standard InChI is InChI=1S/C21H35N3O3/c1-16-6-5-9-21(14-16)24(19(25)17-7-3-4-8-17)18(15-27-21)20(26)23-12-10-22(2)11-13-23/h16-18H,3-15H2,1-2H3/t16-,18+,21-/m1/s1. The van der Waals surface area contributed by atoms with Crippen molar-refractivity contribution in [2.24, 2.45) is 11.8 Å². The van der Waals surface area contributed by atoms with Crippen LogP contribution >= 0.6 is 0 Å². The minimum atomic E-state index is -0.537. The summed E-state index contributed by atoms with van der Waals surface area (Å²) in [5, 5.41) is 0. The van der Waals surface area contributed by atoms with Gasteiger partial charge in [-0.25, -0.2) is 0 Å². The predicted octanol–water partition coefficient (Wildman–Crippen LogP) is 2.08. The second-order valence-corrected chi connectivity index (χ2v) is 9.29. The molecular weight excluding hydrogens is 342 g/mol. The van der Waals surface area contributed by atoms with E-state index >= 15 is 0 Å².